The number of aromatic nitrogens is 3. The van der Waals surface area contributed by atoms with E-state index in [-0.39, 0.29) is 6.04 Å². The van der Waals surface area contributed by atoms with Crippen LogP contribution >= 0.6 is 11.6 Å². The van der Waals surface area contributed by atoms with Gasteiger partial charge < -0.3 is 15.2 Å². The summed E-state index contributed by atoms with van der Waals surface area (Å²) in [5.74, 6) is 0. The zero-order valence-electron chi connectivity index (χ0n) is 20.0. The molecule has 0 spiro atoms. The third-order valence-corrected chi connectivity index (χ3v) is 6.84. The van der Waals surface area contributed by atoms with E-state index in [9.17, 15) is 4.79 Å². The molecular formula is C25H29ClN8O. The molecule has 35 heavy (non-hydrogen) atoms. The lowest BCUT2D eigenvalue weighted by atomic mass is 10.0. The van der Waals surface area contributed by atoms with Crippen LogP contribution in [-0.2, 0) is 13.5 Å². The van der Waals surface area contributed by atoms with Crippen molar-refractivity contribution in [1.29, 1.82) is 5.26 Å². The van der Waals surface area contributed by atoms with E-state index in [1.165, 1.54) is 5.01 Å². The molecule has 1 aliphatic heterocycles. The van der Waals surface area contributed by atoms with Crippen LogP contribution in [0.5, 0.6) is 0 Å². The number of pyridine rings is 1. The van der Waals surface area contributed by atoms with Crippen LogP contribution in [0.25, 0.3) is 22.3 Å². The number of halogens is 1. The number of piperidine rings is 1. The minimum atomic E-state index is -0.594. The molecule has 0 bridgehead atoms. The van der Waals surface area contributed by atoms with Crippen molar-refractivity contribution in [3.8, 4) is 17.5 Å². The van der Waals surface area contributed by atoms with Gasteiger partial charge in [-0.1, -0.05) is 18.0 Å². The van der Waals surface area contributed by atoms with Crippen molar-refractivity contribution < 1.29 is 4.79 Å². The van der Waals surface area contributed by atoms with Gasteiger partial charge in [0.15, 0.2) is 0 Å². The van der Waals surface area contributed by atoms with E-state index in [0.29, 0.717) is 35.6 Å². The van der Waals surface area contributed by atoms with E-state index < -0.39 is 6.03 Å². The number of primary amides is 1. The SMILES string of the molecule is CN1CCCC[C@@H]1CN(/N=C/c1cc(-c2cncn2C)nc2cc(Cl)c(CCC#N)cc12)C(N)=O. The van der Waals surface area contributed by atoms with Crippen molar-refractivity contribution in [2.45, 2.75) is 38.1 Å². The van der Waals surface area contributed by atoms with Gasteiger partial charge in [0.2, 0.25) is 0 Å². The maximum absolute atomic E-state index is 12.2. The predicted octanol–water partition coefficient (Wildman–Crippen LogP) is 3.94. The number of nitrogens with zero attached hydrogens (tertiary/aromatic N) is 7. The van der Waals surface area contributed by atoms with Gasteiger partial charge in [0.05, 0.1) is 48.3 Å². The molecule has 3 heterocycles. The van der Waals surface area contributed by atoms with Crippen molar-refractivity contribution in [3.05, 3.63) is 46.9 Å². The van der Waals surface area contributed by atoms with Crippen LogP contribution in [0.2, 0.25) is 5.02 Å². The molecule has 4 rings (SSSR count). The Kier molecular flexibility index (Phi) is 7.63. The number of hydrogen-bond acceptors (Lipinski definition) is 6. The molecule has 1 aromatic carbocycles. The van der Waals surface area contributed by atoms with Crippen molar-refractivity contribution in [1.82, 2.24) is 24.4 Å². The Morgan fingerprint density at radius 2 is 2.20 bits per heavy atom. The molecule has 0 aliphatic carbocycles. The topological polar surface area (TPSA) is 116 Å². The highest BCUT2D eigenvalue weighted by Crippen LogP contribution is 2.29. The van der Waals surface area contributed by atoms with Crippen LogP contribution in [-0.4, -0.2) is 62.9 Å². The van der Waals surface area contributed by atoms with Gasteiger partial charge in [-0.05, 0) is 56.6 Å². The summed E-state index contributed by atoms with van der Waals surface area (Å²) in [6, 6.07) is 7.45. The Balaban J connectivity index is 1.76. The first kappa shape index (κ1) is 24.6. The highest BCUT2D eigenvalue weighted by atomic mass is 35.5. The first-order valence-corrected chi connectivity index (χ1v) is 12.0. The minimum Gasteiger partial charge on any atom is -0.350 e. The second-order valence-corrected chi connectivity index (χ2v) is 9.31. The van der Waals surface area contributed by atoms with Crippen LogP contribution in [0.4, 0.5) is 4.79 Å². The molecule has 0 saturated carbocycles. The minimum absolute atomic E-state index is 0.212. The van der Waals surface area contributed by atoms with E-state index >= 15 is 0 Å². The number of rotatable bonds is 7. The molecule has 0 radical (unpaired) electrons. The van der Waals surface area contributed by atoms with E-state index in [4.69, 9.17) is 27.6 Å². The van der Waals surface area contributed by atoms with Gasteiger partial charge in [-0.25, -0.2) is 19.8 Å². The predicted molar refractivity (Wildman–Crippen MR) is 137 cm³/mol. The summed E-state index contributed by atoms with van der Waals surface area (Å²) in [4.78, 5) is 23.5. The number of imidazole rings is 1. The molecule has 2 amide bonds. The number of urea groups is 1. The maximum Gasteiger partial charge on any atom is 0.335 e. The number of carbonyl (C=O) groups is 1. The van der Waals surface area contributed by atoms with Gasteiger partial charge in [0, 0.05) is 35.5 Å². The van der Waals surface area contributed by atoms with E-state index in [2.05, 4.69) is 28.1 Å². The van der Waals surface area contributed by atoms with Gasteiger partial charge in [-0.2, -0.15) is 10.4 Å². The number of likely N-dealkylation sites (N-methyl/N-ethyl adjacent to an activating group) is 1. The molecule has 9 nitrogen and oxygen atoms in total. The summed E-state index contributed by atoms with van der Waals surface area (Å²) in [5, 5.41) is 16.2. The number of likely N-dealkylation sites (tertiary alicyclic amines) is 1. The van der Waals surface area contributed by atoms with Crippen LogP contribution < -0.4 is 5.73 Å². The smallest absolute Gasteiger partial charge is 0.335 e. The maximum atomic E-state index is 12.2. The Hall–Kier alpha value is -3.48. The summed E-state index contributed by atoms with van der Waals surface area (Å²) < 4.78 is 1.88. The molecule has 2 N–H and O–H groups in total. The molecule has 1 saturated heterocycles. The lowest BCUT2D eigenvalue weighted by Gasteiger charge is -2.34. The number of aryl methyl sites for hydroxylation is 2. The van der Waals surface area contributed by atoms with Crippen LogP contribution in [0.1, 0.15) is 36.8 Å². The summed E-state index contributed by atoms with van der Waals surface area (Å²) >= 11 is 6.52. The van der Waals surface area contributed by atoms with E-state index in [1.807, 2.05) is 29.8 Å². The standard InChI is InChI=1S/C25H29ClN8O/c1-32-9-4-3-7-19(32)15-34(25(28)35)30-13-18-11-23(24-14-29-16-33(24)2)31-22-12-21(26)17(6-5-8-27)10-20(18)22/h10-14,16,19H,3-7,9,15H2,1-2H3,(H2,28,35)/b30-13+/t19-/m1/s1. The summed E-state index contributed by atoms with van der Waals surface area (Å²) in [6.45, 7) is 1.43. The van der Waals surface area contributed by atoms with Crippen molar-refractivity contribution in [3.63, 3.8) is 0 Å². The molecule has 3 aromatic rings. The quantitative estimate of drug-likeness (QED) is 0.396. The van der Waals surface area contributed by atoms with Crippen LogP contribution in [0, 0.1) is 11.3 Å². The lowest BCUT2D eigenvalue weighted by Crippen LogP contribution is -2.46. The second kappa shape index (κ2) is 10.8. The summed E-state index contributed by atoms with van der Waals surface area (Å²) in [6.07, 6.45) is 9.28. The highest BCUT2D eigenvalue weighted by molar-refractivity contribution is 6.32. The number of benzene rings is 1. The lowest BCUT2D eigenvalue weighted by molar-refractivity contribution is 0.139. The molecule has 1 fully saturated rings. The normalized spacial score (nSPS) is 16.6. The zero-order valence-corrected chi connectivity index (χ0v) is 20.7. The summed E-state index contributed by atoms with van der Waals surface area (Å²) in [7, 11) is 3.96. The van der Waals surface area contributed by atoms with Crippen molar-refractivity contribution in [2.75, 3.05) is 20.1 Å². The molecular weight excluding hydrogens is 464 g/mol. The second-order valence-electron chi connectivity index (χ2n) is 8.90. The Labute approximate surface area is 209 Å². The van der Waals surface area contributed by atoms with Crippen molar-refractivity contribution in [2.24, 2.45) is 17.9 Å². The number of nitrogens with two attached hydrogens (primary N) is 1. The van der Waals surface area contributed by atoms with Crippen molar-refractivity contribution >= 4 is 34.7 Å². The zero-order chi connectivity index (χ0) is 24.9. The van der Waals surface area contributed by atoms with Gasteiger partial charge in [0.25, 0.3) is 0 Å². The van der Waals surface area contributed by atoms with E-state index in [1.54, 1.807) is 18.7 Å². The number of amides is 2. The molecule has 0 unspecified atom stereocenters. The Morgan fingerprint density at radius 1 is 1.37 bits per heavy atom. The molecule has 182 valence electrons. The van der Waals surface area contributed by atoms with Crippen LogP contribution in [0.15, 0.2) is 35.8 Å². The molecule has 1 atom stereocenters. The van der Waals surface area contributed by atoms with Gasteiger partial charge in [0.1, 0.15) is 0 Å². The average molecular weight is 493 g/mol. The number of fused-ring (bicyclic) bond motifs is 1. The fraction of sp³-hybridized carbons (Fsp3) is 0.400. The number of carbonyl (C=O) groups excluding carboxylic acids is 1. The number of hydrogen-bond donors (Lipinski definition) is 1. The largest absolute Gasteiger partial charge is 0.350 e. The number of nitriles is 1. The molecule has 10 heteroatoms. The molecule has 1 aliphatic rings. The highest BCUT2D eigenvalue weighted by Gasteiger charge is 2.23. The Bertz CT molecular complexity index is 1290. The third-order valence-electron chi connectivity index (χ3n) is 6.49. The molecule has 2 aromatic heterocycles. The fourth-order valence-corrected chi connectivity index (χ4v) is 4.70. The van der Waals surface area contributed by atoms with Gasteiger partial charge in [-0.15, -0.1) is 0 Å². The Morgan fingerprint density at radius 3 is 2.89 bits per heavy atom. The first-order valence-electron chi connectivity index (χ1n) is 11.7. The monoisotopic (exact) mass is 492 g/mol. The fourth-order valence-electron chi connectivity index (χ4n) is 4.44. The summed E-state index contributed by atoms with van der Waals surface area (Å²) in [5.41, 5.74) is 9.54. The van der Waals surface area contributed by atoms with E-state index in [0.717, 1.165) is 48.0 Å². The van der Waals surface area contributed by atoms with Crippen LogP contribution in [0.3, 0.4) is 0 Å². The first-order chi connectivity index (χ1) is 16.9. The van der Waals surface area contributed by atoms with Gasteiger partial charge in [-0.3, -0.25) is 0 Å². The third kappa shape index (κ3) is 5.61. The number of hydrazone groups is 1. The average Bonchev–Trinajstić information content (AvgIpc) is 3.26. The van der Waals surface area contributed by atoms with Gasteiger partial charge >= 0.3 is 6.03 Å².